The van der Waals surface area contributed by atoms with Crippen LogP contribution in [0.25, 0.3) is 0 Å². The first-order chi connectivity index (χ1) is 7.15. The molecule has 0 aromatic carbocycles. The van der Waals surface area contributed by atoms with Crippen molar-refractivity contribution in [1.29, 1.82) is 0 Å². The van der Waals surface area contributed by atoms with Crippen LogP contribution in [-0.2, 0) is 6.42 Å². The van der Waals surface area contributed by atoms with Crippen molar-refractivity contribution in [2.24, 2.45) is 5.73 Å². The molecule has 0 spiro atoms. The molecule has 2 aromatic heterocycles. The monoisotopic (exact) mass is 221 g/mol. The van der Waals surface area contributed by atoms with E-state index in [2.05, 4.69) is 0 Å². The number of furan rings is 1. The maximum Gasteiger partial charge on any atom is 0.258 e. The Bertz CT molecular complexity index is 484. The summed E-state index contributed by atoms with van der Waals surface area (Å²) in [5.41, 5.74) is 5.17. The van der Waals surface area contributed by atoms with Gasteiger partial charge in [-0.05, 0) is 31.2 Å². The van der Waals surface area contributed by atoms with Crippen LogP contribution < -0.4 is 5.73 Å². The number of nitrogens with two attached hydrogens (primary N) is 1. The summed E-state index contributed by atoms with van der Waals surface area (Å²) >= 11 is 1.41. The first kappa shape index (κ1) is 9.98. The first-order valence-electron chi connectivity index (χ1n) is 4.59. The lowest BCUT2D eigenvalue weighted by molar-refractivity contribution is 0.100. The molecule has 0 saturated carbocycles. The van der Waals surface area contributed by atoms with Crippen LogP contribution in [-0.4, -0.2) is 5.91 Å². The lowest BCUT2D eigenvalue weighted by Crippen LogP contribution is -2.08. The first-order valence-corrected chi connectivity index (χ1v) is 5.40. The van der Waals surface area contributed by atoms with Crippen molar-refractivity contribution in [3.8, 4) is 0 Å². The fourth-order valence-electron chi connectivity index (χ4n) is 1.36. The molecule has 2 rings (SSSR count). The Morgan fingerprint density at radius 3 is 2.73 bits per heavy atom. The van der Waals surface area contributed by atoms with Gasteiger partial charge in [-0.2, -0.15) is 0 Å². The molecule has 3 nitrogen and oxygen atoms in total. The number of amides is 1. The molecule has 2 N–H and O–H groups in total. The van der Waals surface area contributed by atoms with Crippen molar-refractivity contribution < 1.29 is 9.21 Å². The summed E-state index contributed by atoms with van der Waals surface area (Å²) in [5.74, 6) is 1.43. The van der Waals surface area contributed by atoms with Gasteiger partial charge >= 0.3 is 0 Å². The fourth-order valence-corrected chi connectivity index (χ4v) is 2.23. The Labute approximate surface area is 91.5 Å². The van der Waals surface area contributed by atoms with Gasteiger partial charge in [0.05, 0.1) is 4.88 Å². The van der Waals surface area contributed by atoms with Gasteiger partial charge in [0.2, 0.25) is 0 Å². The Kier molecular flexibility index (Phi) is 2.60. The Hall–Kier alpha value is -1.55. The molecule has 0 saturated heterocycles. The third-order valence-electron chi connectivity index (χ3n) is 2.05. The van der Waals surface area contributed by atoms with Gasteiger partial charge in [-0.15, -0.1) is 11.3 Å². The summed E-state index contributed by atoms with van der Waals surface area (Å²) in [6.07, 6.45) is 0.714. The third kappa shape index (κ3) is 2.27. The summed E-state index contributed by atoms with van der Waals surface area (Å²) < 4.78 is 5.45. The molecule has 0 unspecified atom stereocenters. The zero-order valence-corrected chi connectivity index (χ0v) is 9.14. The van der Waals surface area contributed by atoms with Crippen molar-refractivity contribution >= 4 is 17.2 Å². The zero-order valence-electron chi connectivity index (χ0n) is 8.32. The van der Waals surface area contributed by atoms with Gasteiger partial charge in [0, 0.05) is 11.3 Å². The van der Waals surface area contributed by atoms with Crippen molar-refractivity contribution in [3.05, 3.63) is 45.5 Å². The molecule has 15 heavy (non-hydrogen) atoms. The predicted octanol–water partition coefficient (Wildman–Crippen LogP) is 2.34. The van der Waals surface area contributed by atoms with Gasteiger partial charge in [-0.3, -0.25) is 4.79 Å². The number of hydrogen-bond acceptors (Lipinski definition) is 3. The fraction of sp³-hybridized carbons (Fsp3) is 0.182. The number of hydrogen-bond donors (Lipinski definition) is 1. The topological polar surface area (TPSA) is 56.2 Å². The molecule has 0 bridgehead atoms. The predicted molar refractivity (Wildman–Crippen MR) is 59.1 cm³/mol. The lowest BCUT2D eigenvalue weighted by atomic mass is 10.3. The summed E-state index contributed by atoms with van der Waals surface area (Å²) in [5, 5.41) is 0. The van der Waals surface area contributed by atoms with E-state index in [4.69, 9.17) is 10.2 Å². The summed E-state index contributed by atoms with van der Waals surface area (Å²) in [7, 11) is 0. The normalized spacial score (nSPS) is 10.5. The summed E-state index contributed by atoms with van der Waals surface area (Å²) in [6, 6.07) is 7.53. The van der Waals surface area contributed by atoms with Crippen LogP contribution in [0.15, 0.2) is 28.7 Å². The largest absolute Gasteiger partial charge is 0.466 e. The van der Waals surface area contributed by atoms with Gasteiger partial charge in [0.15, 0.2) is 0 Å². The van der Waals surface area contributed by atoms with Gasteiger partial charge in [-0.25, -0.2) is 0 Å². The smallest absolute Gasteiger partial charge is 0.258 e. The number of primary amides is 1. The number of aryl methyl sites for hydroxylation is 1. The minimum Gasteiger partial charge on any atom is -0.466 e. The van der Waals surface area contributed by atoms with Gasteiger partial charge in [-0.1, -0.05) is 0 Å². The maximum absolute atomic E-state index is 10.9. The van der Waals surface area contributed by atoms with E-state index < -0.39 is 0 Å². The molecule has 4 heteroatoms. The van der Waals surface area contributed by atoms with E-state index >= 15 is 0 Å². The van der Waals surface area contributed by atoms with Crippen LogP contribution in [0, 0.1) is 6.92 Å². The molecule has 0 atom stereocenters. The van der Waals surface area contributed by atoms with Crippen molar-refractivity contribution in [2.75, 3.05) is 0 Å². The second kappa shape index (κ2) is 3.90. The summed E-state index contributed by atoms with van der Waals surface area (Å²) in [4.78, 5) is 12.6. The van der Waals surface area contributed by atoms with Crippen LogP contribution in [0.4, 0.5) is 0 Å². The van der Waals surface area contributed by atoms with Crippen molar-refractivity contribution in [2.45, 2.75) is 13.3 Å². The minimum absolute atomic E-state index is 0.373. The Balaban J connectivity index is 2.14. The highest BCUT2D eigenvalue weighted by Crippen LogP contribution is 2.20. The molecule has 0 aliphatic rings. The second-order valence-electron chi connectivity index (χ2n) is 3.32. The number of rotatable bonds is 3. The molecule has 0 radical (unpaired) electrons. The Morgan fingerprint density at radius 1 is 1.40 bits per heavy atom. The molecular weight excluding hydrogens is 210 g/mol. The molecule has 2 heterocycles. The highest BCUT2D eigenvalue weighted by atomic mass is 32.1. The SMILES string of the molecule is Cc1ccc(Cc2ccc(C(N)=O)s2)o1. The van der Waals surface area contributed by atoms with E-state index in [9.17, 15) is 4.79 Å². The molecule has 2 aromatic rings. The standard InChI is InChI=1S/C11H11NO2S/c1-7-2-3-8(14-7)6-9-4-5-10(15-9)11(12)13/h2-5H,6H2,1H3,(H2,12,13). The number of carbonyl (C=O) groups is 1. The molecule has 78 valence electrons. The van der Waals surface area contributed by atoms with Crippen LogP contribution in [0.1, 0.15) is 26.1 Å². The van der Waals surface area contributed by atoms with Crippen LogP contribution in [0.3, 0.4) is 0 Å². The Morgan fingerprint density at radius 2 is 2.20 bits per heavy atom. The second-order valence-corrected chi connectivity index (χ2v) is 4.49. The number of thiophene rings is 1. The zero-order chi connectivity index (χ0) is 10.8. The molecule has 0 aliphatic heterocycles. The van der Waals surface area contributed by atoms with E-state index in [0.29, 0.717) is 11.3 Å². The van der Waals surface area contributed by atoms with E-state index in [1.54, 1.807) is 6.07 Å². The van der Waals surface area contributed by atoms with Crippen LogP contribution in [0.5, 0.6) is 0 Å². The number of carbonyl (C=O) groups excluding carboxylic acids is 1. The lowest BCUT2D eigenvalue weighted by Gasteiger charge is -1.92. The maximum atomic E-state index is 10.9. The molecule has 0 aliphatic carbocycles. The van der Waals surface area contributed by atoms with Crippen LogP contribution in [0.2, 0.25) is 0 Å². The molecule has 0 fully saturated rings. The van der Waals surface area contributed by atoms with Gasteiger partial charge < -0.3 is 10.2 Å². The van der Waals surface area contributed by atoms with E-state index in [1.165, 1.54) is 11.3 Å². The van der Waals surface area contributed by atoms with E-state index in [1.807, 2.05) is 25.1 Å². The minimum atomic E-state index is -0.373. The van der Waals surface area contributed by atoms with E-state index in [0.717, 1.165) is 16.4 Å². The molecule has 1 amide bonds. The summed E-state index contributed by atoms with van der Waals surface area (Å²) in [6.45, 7) is 1.91. The van der Waals surface area contributed by atoms with Gasteiger partial charge in [0.25, 0.3) is 5.91 Å². The van der Waals surface area contributed by atoms with Crippen LogP contribution >= 0.6 is 11.3 Å². The van der Waals surface area contributed by atoms with Crippen molar-refractivity contribution in [1.82, 2.24) is 0 Å². The third-order valence-corrected chi connectivity index (χ3v) is 3.15. The molecular formula is C11H11NO2S. The highest BCUT2D eigenvalue weighted by molar-refractivity contribution is 7.14. The van der Waals surface area contributed by atoms with E-state index in [-0.39, 0.29) is 5.91 Å². The highest BCUT2D eigenvalue weighted by Gasteiger charge is 2.07. The van der Waals surface area contributed by atoms with Crippen molar-refractivity contribution in [3.63, 3.8) is 0 Å². The average Bonchev–Trinajstić information content (AvgIpc) is 2.76. The van der Waals surface area contributed by atoms with Gasteiger partial charge in [0.1, 0.15) is 11.5 Å². The quantitative estimate of drug-likeness (QED) is 0.864. The average molecular weight is 221 g/mol.